The molecule has 1 aromatic carbocycles. The first kappa shape index (κ1) is 20.2. The number of hydrogen-bond acceptors (Lipinski definition) is 7. The van der Waals surface area contributed by atoms with E-state index in [1.165, 1.54) is 16.6 Å². The fourth-order valence-corrected chi connectivity index (χ4v) is 2.59. The minimum atomic E-state index is -2.49. The molecule has 0 fully saturated rings. The number of rotatable bonds is 7. The molecule has 0 amide bonds. The van der Waals surface area contributed by atoms with Crippen molar-refractivity contribution in [1.82, 2.24) is 19.7 Å². The first-order valence-corrected chi connectivity index (χ1v) is 8.68. The first-order valence-electron chi connectivity index (χ1n) is 8.68. The molecule has 0 bridgehead atoms. The van der Waals surface area contributed by atoms with Crippen molar-refractivity contribution in [3.8, 4) is 29.1 Å². The average molecular weight is 399 g/mol. The number of ether oxygens (including phenoxy) is 1. The van der Waals surface area contributed by atoms with Crippen LogP contribution in [-0.2, 0) is 13.6 Å². The number of benzene rings is 1. The lowest BCUT2D eigenvalue weighted by atomic mass is 10.1. The minimum absolute atomic E-state index is 0.316. The Morgan fingerprint density at radius 2 is 2.00 bits per heavy atom. The molecule has 0 aliphatic heterocycles. The van der Waals surface area contributed by atoms with Gasteiger partial charge in [0.05, 0.1) is 23.7 Å². The Kier molecular flexibility index (Phi) is 5.99. The number of nitriles is 1. The highest BCUT2D eigenvalue weighted by atomic mass is 19.3. The number of nitrogens with two attached hydrogens (primary N) is 1. The van der Waals surface area contributed by atoms with Gasteiger partial charge < -0.3 is 15.4 Å². The van der Waals surface area contributed by atoms with Gasteiger partial charge in [-0.3, -0.25) is 0 Å². The SMILES string of the molecule is CN(CC(F)F)c1cc(Oc2cc(C#N)ccc2-c2ncc(CN)cn2)n(C)n1. The third-order valence-corrected chi connectivity index (χ3v) is 4.13. The highest BCUT2D eigenvalue weighted by Gasteiger charge is 2.17. The monoisotopic (exact) mass is 399 g/mol. The predicted octanol–water partition coefficient (Wildman–Crippen LogP) is 2.70. The van der Waals surface area contributed by atoms with Gasteiger partial charge >= 0.3 is 0 Å². The van der Waals surface area contributed by atoms with E-state index in [4.69, 9.17) is 10.5 Å². The Morgan fingerprint density at radius 1 is 1.28 bits per heavy atom. The summed E-state index contributed by atoms with van der Waals surface area (Å²) >= 11 is 0. The second-order valence-corrected chi connectivity index (χ2v) is 6.28. The van der Waals surface area contributed by atoms with Gasteiger partial charge in [0.2, 0.25) is 5.88 Å². The Morgan fingerprint density at radius 3 is 2.62 bits per heavy atom. The normalized spacial score (nSPS) is 10.8. The Hall–Kier alpha value is -3.58. The predicted molar refractivity (Wildman–Crippen MR) is 103 cm³/mol. The van der Waals surface area contributed by atoms with E-state index < -0.39 is 13.0 Å². The van der Waals surface area contributed by atoms with Crippen LogP contribution < -0.4 is 15.4 Å². The van der Waals surface area contributed by atoms with Crippen LogP contribution in [0.5, 0.6) is 11.6 Å². The molecule has 8 nitrogen and oxygen atoms in total. The van der Waals surface area contributed by atoms with Crippen molar-refractivity contribution in [2.24, 2.45) is 12.8 Å². The standard InChI is InChI=1S/C19H19F2N7O/c1-27(11-16(20)21)17-6-18(28(2)26-17)29-15-5-12(7-22)3-4-14(15)19-24-9-13(8-23)10-25-19/h3-6,9-10,16H,8,11,23H2,1-2H3. The maximum Gasteiger partial charge on any atom is 0.255 e. The summed E-state index contributed by atoms with van der Waals surface area (Å²) in [7, 11) is 3.16. The summed E-state index contributed by atoms with van der Waals surface area (Å²) < 4.78 is 32.7. The fraction of sp³-hybridized carbons (Fsp3) is 0.263. The number of aryl methyl sites for hydroxylation is 1. The van der Waals surface area contributed by atoms with Gasteiger partial charge in [0.15, 0.2) is 11.6 Å². The van der Waals surface area contributed by atoms with Gasteiger partial charge in [-0.05, 0) is 18.2 Å². The molecule has 0 atom stereocenters. The van der Waals surface area contributed by atoms with Crippen LogP contribution in [0.2, 0.25) is 0 Å². The van der Waals surface area contributed by atoms with E-state index in [-0.39, 0.29) is 0 Å². The van der Waals surface area contributed by atoms with E-state index >= 15 is 0 Å². The van der Waals surface area contributed by atoms with E-state index in [9.17, 15) is 14.0 Å². The van der Waals surface area contributed by atoms with E-state index in [0.717, 1.165) is 5.56 Å². The lowest BCUT2D eigenvalue weighted by molar-refractivity contribution is 0.156. The van der Waals surface area contributed by atoms with Crippen LogP contribution in [0.4, 0.5) is 14.6 Å². The molecule has 0 saturated heterocycles. The summed E-state index contributed by atoms with van der Waals surface area (Å²) in [5.74, 6) is 1.40. The van der Waals surface area contributed by atoms with Gasteiger partial charge in [-0.25, -0.2) is 23.4 Å². The molecule has 2 aromatic heterocycles. The van der Waals surface area contributed by atoms with Crippen LogP contribution in [0.1, 0.15) is 11.1 Å². The largest absolute Gasteiger partial charge is 0.438 e. The van der Waals surface area contributed by atoms with Gasteiger partial charge in [0.1, 0.15) is 5.75 Å². The number of alkyl halides is 2. The van der Waals surface area contributed by atoms with Gasteiger partial charge in [-0.15, -0.1) is 0 Å². The fourth-order valence-electron chi connectivity index (χ4n) is 2.59. The zero-order valence-corrected chi connectivity index (χ0v) is 15.9. The third kappa shape index (κ3) is 4.64. The molecule has 0 radical (unpaired) electrons. The van der Waals surface area contributed by atoms with Crippen LogP contribution in [0.3, 0.4) is 0 Å². The molecule has 150 valence electrons. The van der Waals surface area contributed by atoms with Crippen LogP contribution in [0.25, 0.3) is 11.4 Å². The Bertz CT molecular complexity index is 1030. The number of anilines is 1. The average Bonchev–Trinajstić information content (AvgIpc) is 3.08. The summed E-state index contributed by atoms with van der Waals surface area (Å²) in [6.45, 7) is -0.131. The molecule has 2 heterocycles. The quantitative estimate of drug-likeness (QED) is 0.651. The molecule has 0 spiro atoms. The molecule has 3 aromatic rings. The van der Waals surface area contributed by atoms with Crippen molar-refractivity contribution >= 4 is 5.82 Å². The second-order valence-electron chi connectivity index (χ2n) is 6.28. The van der Waals surface area contributed by atoms with Crippen molar-refractivity contribution in [3.63, 3.8) is 0 Å². The number of nitrogens with zero attached hydrogens (tertiary/aromatic N) is 6. The molecule has 3 rings (SSSR count). The van der Waals surface area contributed by atoms with Crippen LogP contribution in [-0.4, -0.2) is 39.8 Å². The summed E-state index contributed by atoms with van der Waals surface area (Å²) in [4.78, 5) is 9.93. The van der Waals surface area contributed by atoms with E-state index in [1.807, 2.05) is 0 Å². The number of aromatic nitrogens is 4. The van der Waals surface area contributed by atoms with E-state index in [0.29, 0.717) is 40.9 Å². The van der Waals surface area contributed by atoms with Crippen molar-refractivity contribution in [3.05, 3.63) is 47.8 Å². The molecule has 0 aliphatic carbocycles. The van der Waals surface area contributed by atoms with Crippen molar-refractivity contribution in [2.75, 3.05) is 18.5 Å². The molecule has 29 heavy (non-hydrogen) atoms. The van der Waals surface area contributed by atoms with Crippen LogP contribution in [0, 0.1) is 11.3 Å². The lowest BCUT2D eigenvalue weighted by Gasteiger charge is -2.14. The summed E-state index contributed by atoms with van der Waals surface area (Å²) in [6.07, 6.45) is 0.747. The zero-order chi connectivity index (χ0) is 21.0. The minimum Gasteiger partial charge on any atom is -0.438 e. The van der Waals surface area contributed by atoms with Gasteiger partial charge in [-0.1, -0.05) is 0 Å². The summed E-state index contributed by atoms with van der Waals surface area (Å²) in [5.41, 5.74) is 7.32. The van der Waals surface area contributed by atoms with Crippen LogP contribution in [0.15, 0.2) is 36.7 Å². The summed E-state index contributed by atoms with van der Waals surface area (Å²) in [6, 6.07) is 8.48. The van der Waals surface area contributed by atoms with Crippen LogP contribution >= 0.6 is 0 Å². The van der Waals surface area contributed by atoms with Gasteiger partial charge in [0.25, 0.3) is 6.43 Å². The molecular formula is C19H19F2N7O. The maximum atomic E-state index is 12.6. The third-order valence-electron chi connectivity index (χ3n) is 4.13. The van der Waals surface area contributed by atoms with Crippen molar-refractivity contribution in [2.45, 2.75) is 13.0 Å². The molecule has 2 N–H and O–H groups in total. The zero-order valence-electron chi connectivity index (χ0n) is 15.9. The molecule has 0 saturated carbocycles. The van der Waals surface area contributed by atoms with Gasteiger partial charge in [0, 0.05) is 44.7 Å². The first-order chi connectivity index (χ1) is 13.9. The molecular weight excluding hydrogens is 380 g/mol. The topological polar surface area (TPSA) is 106 Å². The lowest BCUT2D eigenvalue weighted by Crippen LogP contribution is -2.24. The van der Waals surface area contributed by atoms with Crippen molar-refractivity contribution < 1.29 is 13.5 Å². The summed E-state index contributed by atoms with van der Waals surface area (Å²) in [5, 5.41) is 13.4. The highest BCUT2D eigenvalue weighted by molar-refractivity contribution is 5.66. The molecule has 0 unspecified atom stereocenters. The second kappa shape index (κ2) is 8.62. The maximum absolute atomic E-state index is 12.6. The number of halogens is 2. The molecule has 10 heteroatoms. The molecule has 0 aliphatic rings. The number of hydrogen-bond donors (Lipinski definition) is 1. The van der Waals surface area contributed by atoms with Gasteiger partial charge in [-0.2, -0.15) is 10.4 Å². The van der Waals surface area contributed by atoms with Crippen molar-refractivity contribution in [1.29, 1.82) is 5.26 Å². The highest BCUT2D eigenvalue weighted by Crippen LogP contribution is 2.33. The van der Waals surface area contributed by atoms with E-state index in [1.54, 1.807) is 43.7 Å². The Labute approximate surface area is 166 Å². The Balaban J connectivity index is 1.96. The smallest absolute Gasteiger partial charge is 0.255 e. The van der Waals surface area contributed by atoms with E-state index in [2.05, 4.69) is 21.1 Å².